The van der Waals surface area contributed by atoms with Gasteiger partial charge in [0.15, 0.2) is 0 Å². The van der Waals surface area contributed by atoms with Crippen molar-refractivity contribution in [3.8, 4) is 11.5 Å². The zero-order valence-corrected chi connectivity index (χ0v) is 12.4. The van der Waals surface area contributed by atoms with Gasteiger partial charge < -0.3 is 10.5 Å². The lowest BCUT2D eigenvalue weighted by Gasteiger charge is -2.10. The van der Waals surface area contributed by atoms with E-state index in [1.54, 1.807) is 0 Å². The van der Waals surface area contributed by atoms with E-state index in [9.17, 15) is 0 Å². The van der Waals surface area contributed by atoms with Crippen LogP contribution in [0.5, 0.6) is 11.5 Å². The predicted molar refractivity (Wildman–Crippen MR) is 86.1 cm³/mol. The fourth-order valence-electron chi connectivity index (χ4n) is 2.21. The number of nitrogens with two attached hydrogens (primary N) is 1. The van der Waals surface area contributed by atoms with Gasteiger partial charge in [0.1, 0.15) is 11.5 Å². The maximum atomic E-state index is 6.03. The van der Waals surface area contributed by atoms with Crippen LogP contribution in [0.3, 0.4) is 0 Å². The summed E-state index contributed by atoms with van der Waals surface area (Å²) < 4.78 is 7.00. The van der Waals surface area contributed by atoms with Gasteiger partial charge in [-0.3, -0.25) is 0 Å². The van der Waals surface area contributed by atoms with Crippen LogP contribution in [0.2, 0.25) is 0 Å². The summed E-state index contributed by atoms with van der Waals surface area (Å²) in [4.78, 5) is 0. The van der Waals surface area contributed by atoms with Gasteiger partial charge in [0, 0.05) is 16.4 Å². The molecule has 0 amide bonds. The second kappa shape index (κ2) is 5.65. The molecule has 0 saturated heterocycles. The summed E-state index contributed by atoms with van der Waals surface area (Å²) in [5.74, 6) is 1.64. The quantitative estimate of drug-likeness (QED) is 0.746. The van der Waals surface area contributed by atoms with E-state index >= 15 is 0 Å². The molecule has 0 bridgehead atoms. The monoisotopic (exact) mass is 327 g/mol. The van der Waals surface area contributed by atoms with E-state index in [1.165, 1.54) is 5.39 Å². The summed E-state index contributed by atoms with van der Waals surface area (Å²) in [6, 6.07) is 20.1. The Morgan fingerprint density at radius 2 is 1.75 bits per heavy atom. The van der Waals surface area contributed by atoms with Gasteiger partial charge in [-0.2, -0.15) is 0 Å². The van der Waals surface area contributed by atoms with Gasteiger partial charge in [-0.05, 0) is 35.2 Å². The Labute approximate surface area is 126 Å². The number of hydrogen-bond acceptors (Lipinski definition) is 2. The second-order valence-corrected chi connectivity index (χ2v) is 5.49. The fourth-order valence-corrected chi connectivity index (χ4v) is 2.73. The Kier molecular flexibility index (Phi) is 3.72. The van der Waals surface area contributed by atoms with Gasteiger partial charge in [0.05, 0.1) is 0 Å². The molecule has 20 heavy (non-hydrogen) atoms. The summed E-state index contributed by atoms with van der Waals surface area (Å²) in [6.45, 7) is 0.491. The van der Waals surface area contributed by atoms with Crippen LogP contribution in [-0.4, -0.2) is 0 Å². The number of benzene rings is 3. The summed E-state index contributed by atoms with van der Waals surface area (Å²) in [7, 11) is 0. The Balaban J connectivity index is 2.03. The maximum absolute atomic E-state index is 6.03. The van der Waals surface area contributed by atoms with Crippen LogP contribution in [0.15, 0.2) is 65.1 Å². The highest BCUT2D eigenvalue weighted by Gasteiger charge is 2.05. The van der Waals surface area contributed by atoms with Crippen molar-refractivity contribution >= 4 is 26.7 Å². The van der Waals surface area contributed by atoms with Crippen molar-refractivity contribution in [1.82, 2.24) is 0 Å². The molecule has 0 aromatic heterocycles. The highest BCUT2D eigenvalue weighted by Crippen LogP contribution is 2.31. The van der Waals surface area contributed by atoms with E-state index < -0.39 is 0 Å². The van der Waals surface area contributed by atoms with E-state index in [4.69, 9.17) is 10.5 Å². The molecule has 0 saturated carbocycles. The largest absolute Gasteiger partial charge is 0.457 e. The zero-order chi connectivity index (χ0) is 13.9. The van der Waals surface area contributed by atoms with Crippen molar-refractivity contribution in [1.29, 1.82) is 0 Å². The highest BCUT2D eigenvalue weighted by molar-refractivity contribution is 9.10. The normalized spacial score (nSPS) is 10.7. The SMILES string of the molecule is NCc1cc(Br)cc(Oc2cccc3ccccc23)c1. The molecule has 0 aliphatic heterocycles. The Hall–Kier alpha value is -1.84. The molecule has 2 nitrogen and oxygen atoms in total. The van der Waals surface area contributed by atoms with Crippen molar-refractivity contribution in [3.05, 3.63) is 70.7 Å². The van der Waals surface area contributed by atoms with Crippen molar-refractivity contribution in [2.45, 2.75) is 6.54 Å². The molecule has 0 radical (unpaired) electrons. The first-order valence-corrected chi connectivity index (χ1v) is 7.21. The van der Waals surface area contributed by atoms with Crippen LogP contribution in [0.25, 0.3) is 10.8 Å². The predicted octanol–water partition coefficient (Wildman–Crippen LogP) is 4.85. The summed E-state index contributed by atoms with van der Waals surface area (Å²) in [5, 5.41) is 2.27. The van der Waals surface area contributed by atoms with Gasteiger partial charge in [-0.15, -0.1) is 0 Å². The van der Waals surface area contributed by atoms with E-state index in [0.29, 0.717) is 6.54 Å². The first kappa shape index (κ1) is 13.2. The maximum Gasteiger partial charge on any atom is 0.135 e. The zero-order valence-electron chi connectivity index (χ0n) is 10.8. The smallest absolute Gasteiger partial charge is 0.135 e. The van der Waals surface area contributed by atoms with E-state index in [2.05, 4.69) is 34.1 Å². The third-order valence-corrected chi connectivity index (χ3v) is 3.60. The van der Waals surface area contributed by atoms with Gasteiger partial charge in [0.25, 0.3) is 0 Å². The van der Waals surface area contributed by atoms with Crippen molar-refractivity contribution in [2.75, 3.05) is 0 Å². The molecule has 0 atom stereocenters. The van der Waals surface area contributed by atoms with Gasteiger partial charge >= 0.3 is 0 Å². The summed E-state index contributed by atoms with van der Waals surface area (Å²) >= 11 is 3.48. The van der Waals surface area contributed by atoms with Gasteiger partial charge in [-0.25, -0.2) is 0 Å². The molecule has 0 heterocycles. The van der Waals surface area contributed by atoms with E-state index in [1.807, 2.05) is 42.5 Å². The lowest BCUT2D eigenvalue weighted by atomic mass is 10.1. The fraction of sp³-hybridized carbons (Fsp3) is 0.0588. The van der Waals surface area contributed by atoms with Crippen LogP contribution in [0.1, 0.15) is 5.56 Å². The number of hydrogen-bond donors (Lipinski definition) is 1. The minimum absolute atomic E-state index is 0.491. The van der Waals surface area contributed by atoms with Crippen LogP contribution in [-0.2, 0) is 6.54 Å². The number of rotatable bonds is 3. The second-order valence-electron chi connectivity index (χ2n) is 4.58. The van der Waals surface area contributed by atoms with Crippen molar-refractivity contribution in [3.63, 3.8) is 0 Å². The molecular formula is C17H14BrNO. The van der Waals surface area contributed by atoms with Crippen molar-refractivity contribution in [2.24, 2.45) is 5.73 Å². The average molecular weight is 328 g/mol. The third-order valence-electron chi connectivity index (χ3n) is 3.14. The minimum atomic E-state index is 0.491. The molecule has 0 aliphatic rings. The topological polar surface area (TPSA) is 35.2 Å². The molecule has 0 fully saturated rings. The summed E-state index contributed by atoms with van der Waals surface area (Å²) in [6.07, 6.45) is 0. The Morgan fingerprint density at radius 3 is 2.60 bits per heavy atom. The molecule has 3 heteroatoms. The lowest BCUT2D eigenvalue weighted by Crippen LogP contribution is -1.96. The van der Waals surface area contributed by atoms with Crippen molar-refractivity contribution < 1.29 is 4.74 Å². The lowest BCUT2D eigenvalue weighted by molar-refractivity contribution is 0.487. The Morgan fingerprint density at radius 1 is 0.950 bits per heavy atom. The molecule has 0 aliphatic carbocycles. The van der Waals surface area contributed by atoms with Crippen LogP contribution < -0.4 is 10.5 Å². The molecule has 3 aromatic rings. The average Bonchev–Trinajstić information content (AvgIpc) is 2.47. The standard InChI is InChI=1S/C17H14BrNO/c18-14-8-12(11-19)9-15(10-14)20-17-7-3-5-13-4-1-2-6-16(13)17/h1-10H,11,19H2. The number of ether oxygens (including phenoxy) is 1. The van der Waals surface area contributed by atoms with E-state index in [0.717, 1.165) is 26.9 Å². The van der Waals surface area contributed by atoms with Crippen LogP contribution in [0, 0.1) is 0 Å². The number of fused-ring (bicyclic) bond motifs is 1. The molecule has 3 aromatic carbocycles. The van der Waals surface area contributed by atoms with Crippen LogP contribution in [0.4, 0.5) is 0 Å². The van der Waals surface area contributed by atoms with E-state index in [-0.39, 0.29) is 0 Å². The molecule has 3 rings (SSSR count). The molecular weight excluding hydrogens is 314 g/mol. The molecule has 0 unspecified atom stereocenters. The third kappa shape index (κ3) is 2.69. The molecule has 100 valence electrons. The summed E-state index contributed by atoms with van der Waals surface area (Å²) in [5.41, 5.74) is 6.73. The molecule has 2 N–H and O–H groups in total. The Bertz CT molecular complexity index is 750. The first-order valence-electron chi connectivity index (χ1n) is 6.41. The highest BCUT2D eigenvalue weighted by atomic mass is 79.9. The number of halogens is 1. The van der Waals surface area contributed by atoms with Gasteiger partial charge in [-0.1, -0.05) is 52.3 Å². The first-order chi connectivity index (χ1) is 9.76. The minimum Gasteiger partial charge on any atom is -0.457 e. The van der Waals surface area contributed by atoms with Crippen LogP contribution >= 0.6 is 15.9 Å². The molecule has 0 spiro atoms. The van der Waals surface area contributed by atoms with Gasteiger partial charge in [0.2, 0.25) is 0 Å².